The minimum Gasteiger partial charge on any atom is -0.480 e. The standard InChI is InChI=1S/C11H13BrClNO2/c1-2-5-14-10(11(15)16)8-4-3-7(12)6-9(8)13/h3-4,6,10,14H,2,5H2,1H3,(H,15,16). The summed E-state index contributed by atoms with van der Waals surface area (Å²) in [4.78, 5) is 11.1. The average Bonchev–Trinajstić information content (AvgIpc) is 2.20. The molecule has 0 heterocycles. The number of carboxylic acid groups (broad SMARTS) is 1. The van der Waals surface area contributed by atoms with Gasteiger partial charge < -0.3 is 10.4 Å². The van der Waals surface area contributed by atoms with Gasteiger partial charge >= 0.3 is 5.97 Å². The molecule has 0 amide bonds. The first-order chi connectivity index (χ1) is 7.56. The summed E-state index contributed by atoms with van der Waals surface area (Å²) in [5.41, 5.74) is 0.589. The van der Waals surface area contributed by atoms with E-state index in [2.05, 4.69) is 21.2 Å². The summed E-state index contributed by atoms with van der Waals surface area (Å²) in [6.45, 7) is 2.62. The van der Waals surface area contributed by atoms with Crippen LogP contribution in [0.25, 0.3) is 0 Å². The van der Waals surface area contributed by atoms with Crippen LogP contribution in [0.1, 0.15) is 24.9 Å². The van der Waals surface area contributed by atoms with Crippen molar-refractivity contribution >= 4 is 33.5 Å². The van der Waals surface area contributed by atoms with Gasteiger partial charge in [-0.1, -0.05) is 40.5 Å². The van der Waals surface area contributed by atoms with Crippen LogP contribution in [-0.2, 0) is 4.79 Å². The zero-order valence-electron chi connectivity index (χ0n) is 8.84. The maximum atomic E-state index is 11.1. The number of halogens is 2. The van der Waals surface area contributed by atoms with Crippen LogP contribution in [0.4, 0.5) is 0 Å². The predicted octanol–water partition coefficient (Wildman–Crippen LogP) is 3.23. The third-order valence-corrected chi connectivity index (χ3v) is 2.94. The molecule has 1 aromatic rings. The molecule has 1 unspecified atom stereocenters. The quantitative estimate of drug-likeness (QED) is 0.878. The number of nitrogens with one attached hydrogen (secondary N) is 1. The van der Waals surface area contributed by atoms with Crippen molar-refractivity contribution in [1.29, 1.82) is 0 Å². The SMILES string of the molecule is CCCNC(C(=O)O)c1ccc(Br)cc1Cl. The van der Waals surface area contributed by atoms with Crippen molar-refractivity contribution in [2.75, 3.05) is 6.54 Å². The van der Waals surface area contributed by atoms with Gasteiger partial charge in [-0.05, 0) is 30.7 Å². The molecule has 0 saturated carbocycles. The molecule has 0 fully saturated rings. The second-order valence-electron chi connectivity index (χ2n) is 3.39. The van der Waals surface area contributed by atoms with Crippen molar-refractivity contribution in [3.8, 4) is 0 Å². The molecule has 5 heteroatoms. The molecule has 3 nitrogen and oxygen atoms in total. The zero-order chi connectivity index (χ0) is 12.1. The maximum Gasteiger partial charge on any atom is 0.325 e. The van der Waals surface area contributed by atoms with E-state index >= 15 is 0 Å². The van der Waals surface area contributed by atoms with Gasteiger partial charge in [-0.2, -0.15) is 0 Å². The molecule has 16 heavy (non-hydrogen) atoms. The van der Waals surface area contributed by atoms with Gasteiger partial charge in [0.2, 0.25) is 0 Å². The van der Waals surface area contributed by atoms with Crippen LogP contribution in [0.15, 0.2) is 22.7 Å². The fourth-order valence-corrected chi connectivity index (χ4v) is 2.14. The van der Waals surface area contributed by atoms with Crippen LogP contribution in [0, 0.1) is 0 Å². The van der Waals surface area contributed by atoms with Crippen molar-refractivity contribution < 1.29 is 9.90 Å². The van der Waals surface area contributed by atoms with Crippen LogP contribution in [0.2, 0.25) is 5.02 Å². The van der Waals surface area contributed by atoms with E-state index < -0.39 is 12.0 Å². The minimum absolute atomic E-state index is 0.449. The Hall–Kier alpha value is -0.580. The van der Waals surface area contributed by atoms with Gasteiger partial charge in [0.1, 0.15) is 6.04 Å². The third-order valence-electron chi connectivity index (χ3n) is 2.12. The summed E-state index contributed by atoms with van der Waals surface area (Å²) in [6.07, 6.45) is 0.873. The minimum atomic E-state index is -0.919. The molecule has 0 aliphatic rings. The first kappa shape index (κ1) is 13.5. The third kappa shape index (κ3) is 3.47. The zero-order valence-corrected chi connectivity index (χ0v) is 11.2. The number of aliphatic carboxylic acids is 1. The Balaban J connectivity index is 2.96. The van der Waals surface area contributed by atoms with Crippen LogP contribution >= 0.6 is 27.5 Å². The summed E-state index contributed by atoms with van der Waals surface area (Å²) >= 11 is 9.30. The molecule has 0 saturated heterocycles. The molecular weight excluding hydrogens is 293 g/mol. The lowest BCUT2D eigenvalue weighted by molar-refractivity contribution is -0.139. The van der Waals surface area contributed by atoms with E-state index in [4.69, 9.17) is 16.7 Å². The Bertz CT molecular complexity index is 384. The highest BCUT2D eigenvalue weighted by Crippen LogP contribution is 2.26. The average molecular weight is 307 g/mol. The first-order valence-electron chi connectivity index (χ1n) is 4.97. The van der Waals surface area contributed by atoms with Gasteiger partial charge in [0.05, 0.1) is 0 Å². The van der Waals surface area contributed by atoms with E-state index in [-0.39, 0.29) is 0 Å². The van der Waals surface area contributed by atoms with Gasteiger partial charge in [-0.25, -0.2) is 0 Å². The molecule has 0 spiro atoms. The molecule has 1 rings (SSSR count). The second-order valence-corrected chi connectivity index (χ2v) is 4.71. The van der Waals surface area contributed by atoms with Crippen LogP contribution in [0.3, 0.4) is 0 Å². The summed E-state index contributed by atoms with van der Waals surface area (Å²) in [5, 5.41) is 12.5. The Morgan fingerprint density at radius 3 is 2.81 bits per heavy atom. The van der Waals surface area contributed by atoms with E-state index in [9.17, 15) is 4.79 Å². The van der Waals surface area contributed by atoms with Crippen LogP contribution in [0.5, 0.6) is 0 Å². The summed E-state index contributed by atoms with van der Waals surface area (Å²) in [7, 11) is 0. The molecule has 0 aliphatic heterocycles. The van der Waals surface area contributed by atoms with Crippen molar-refractivity contribution in [2.24, 2.45) is 0 Å². The van der Waals surface area contributed by atoms with Gasteiger partial charge in [0, 0.05) is 9.50 Å². The van der Waals surface area contributed by atoms with Gasteiger partial charge in [0.25, 0.3) is 0 Å². The molecule has 1 aromatic carbocycles. The highest BCUT2D eigenvalue weighted by Gasteiger charge is 2.21. The van der Waals surface area contributed by atoms with E-state index in [0.29, 0.717) is 17.1 Å². The van der Waals surface area contributed by atoms with E-state index in [1.165, 1.54) is 0 Å². The molecular formula is C11H13BrClNO2. The fourth-order valence-electron chi connectivity index (χ4n) is 1.35. The molecule has 0 aromatic heterocycles. The molecule has 0 aliphatic carbocycles. The molecule has 0 bridgehead atoms. The number of rotatable bonds is 5. The lowest BCUT2D eigenvalue weighted by atomic mass is 10.1. The van der Waals surface area contributed by atoms with Crippen LogP contribution < -0.4 is 5.32 Å². The van der Waals surface area contributed by atoms with Crippen molar-refractivity contribution in [2.45, 2.75) is 19.4 Å². The lowest BCUT2D eigenvalue weighted by Crippen LogP contribution is -2.29. The number of benzene rings is 1. The normalized spacial score (nSPS) is 12.4. The molecule has 0 radical (unpaired) electrons. The van der Waals surface area contributed by atoms with Crippen molar-refractivity contribution in [1.82, 2.24) is 5.32 Å². The first-order valence-corrected chi connectivity index (χ1v) is 6.14. The summed E-state index contributed by atoms with van der Waals surface area (Å²) < 4.78 is 0.834. The molecule has 2 N–H and O–H groups in total. The Labute approximate surface area is 108 Å². The van der Waals surface area contributed by atoms with E-state index in [1.807, 2.05) is 6.92 Å². The lowest BCUT2D eigenvalue weighted by Gasteiger charge is -2.15. The van der Waals surface area contributed by atoms with Crippen LogP contribution in [-0.4, -0.2) is 17.6 Å². The number of carboxylic acids is 1. The second kappa shape index (κ2) is 6.23. The summed E-state index contributed by atoms with van der Waals surface area (Å²) in [6, 6.07) is 4.44. The monoisotopic (exact) mass is 305 g/mol. The van der Waals surface area contributed by atoms with E-state index in [0.717, 1.165) is 10.9 Å². The van der Waals surface area contributed by atoms with Gasteiger partial charge in [-0.3, -0.25) is 4.79 Å². The van der Waals surface area contributed by atoms with E-state index in [1.54, 1.807) is 18.2 Å². The highest BCUT2D eigenvalue weighted by molar-refractivity contribution is 9.10. The summed E-state index contributed by atoms with van der Waals surface area (Å²) in [5.74, 6) is -0.919. The molecule has 88 valence electrons. The fraction of sp³-hybridized carbons (Fsp3) is 0.364. The number of hydrogen-bond donors (Lipinski definition) is 2. The predicted molar refractivity (Wildman–Crippen MR) is 67.8 cm³/mol. The Morgan fingerprint density at radius 2 is 2.31 bits per heavy atom. The van der Waals surface area contributed by atoms with Gasteiger partial charge in [0.15, 0.2) is 0 Å². The number of hydrogen-bond acceptors (Lipinski definition) is 2. The highest BCUT2D eigenvalue weighted by atomic mass is 79.9. The maximum absolute atomic E-state index is 11.1. The Kier molecular flexibility index (Phi) is 5.25. The largest absolute Gasteiger partial charge is 0.480 e. The topological polar surface area (TPSA) is 49.3 Å². The Morgan fingerprint density at radius 1 is 1.62 bits per heavy atom. The van der Waals surface area contributed by atoms with Crippen molar-refractivity contribution in [3.63, 3.8) is 0 Å². The van der Waals surface area contributed by atoms with Crippen molar-refractivity contribution in [3.05, 3.63) is 33.3 Å². The number of carbonyl (C=O) groups is 1. The molecule has 1 atom stereocenters. The van der Waals surface area contributed by atoms with Gasteiger partial charge in [-0.15, -0.1) is 0 Å². The smallest absolute Gasteiger partial charge is 0.325 e.